The fourth-order valence-electron chi connectivity index (χ4n) is 3.51. The fourth-order valence-corrected chi connectivity index (χ4v) is 3.51. The Hall–Kier alpha value is -0.0800. The van der Waals surface area contributed by atoms with Crippen molar-refractivity contribution in [1.29, 1.82) is 0 Å². The third kappa shape index (κ3) is 3.46. The van der Waals surface area contributed by atoms with Crippen LogP contribution in [-0.4, -0.2) is 30.6 Å². The molecular weight excluding hydrogens is 196 g/mol. The van der Waals surface area contributed by atoms with E-state index in [-0.39, 0.29) is 0 Å². The van der Waals surface area contributed by atoms with Crippen LogP contribution < -0.4 is 5.73 Å². The lowest BCUT2D eigenvalue weighted by Crippen LogP contribution is -2.38. The van der Waals surface area contributed by atoms with Crippen LogP contribution in [0.2, 0.25) is 0 Å². The van der Waals surface area contributed by atoms with Crippen LogP contribution in [0.4, 0.5) is 0 Å². The molecule has 0 unspecified atom stereocenters. The maximum absolute atomic E-state index is 5.66. The van der Waals surface area contributed by atoms with E-state index < -0.39 is 0 Å². The van der Waals surface area contributed by atoms with Crippen molar-refractivity contribution in [2.45, 2.75) is 63.8 Å². The third-order valence-electron chi connectivity index (χ3n) is 4.46. The second kappa shape index (κ2) is 6.61. The normalized spacial score (nSPS) is 23.6. The largest absolute Gasteiger partial charge is 0.330 e. The lowest BCUT2D eigenvalue weighted by molar-refractivity contribution is 0.168. The Balaban J connectivity index is 1.80. The van der Waals surface area contributed by atoms with Crippen LogP contribution in [0.25, 0.3) is 0 Å². The molecule has 0 bridgehead atoms. The quantitative estimate of drug-likeness (QED) is 0.751. The van der Waals surface area contributed by atoms with Crippen molar-refractivity contribution in [2.24, 2.45) is 11.7 Å². The van der Waals surface area contributed by atoms with E-state index in [2.05, 4.69) is 4.90 Å². The molecule has 2 rings (SSSR count). The van der Waals surface area contributed by atoms with Gasteiger partial charge in [-0.2, -0.15) is 0 Å². The van der Waals surface area contributed by atoms with Crippen molar-refractivity contribution in [1.82, 2.24) is 4.90 Å². The van der Waals surface area contributed by atoms with Gasteiger partial charge in [-0.1, -0.05) is 25.7 Å². The summed E-state index contributed by atoms with van der Waals surface area (Å²) in [6, 6.07) is 0.896. The highest BCUT2D eigenvalue weighted by Gasteiger charge is 2.25. The molecule has 0 aromatic heterocycles. The second-order valence-corrected chi connectivity index (χ2v) is 5.73. The van der Waals surface area contributed by atoms with Crippen molar-refractivity contribution < 1.29 is 0 Å². The molecule has 2 aliphatic rings. The van der Waals surface area contributed by atoms with E-state index in [9.17, 15) is 0 Å². The summed E-state index contributed by atoms with van der Waals surface area (Å²) in [6.45, 7) is 3.47. The molecule has 2 heteroatoms. The van der Waals surface area contributed by atoms with Crippen LogP contribution >= 0.6 is 0 Å². The van der Waals surface area contributed by atoms with Gasteiger partial charge in [0.1, 0.15) is 0 Å². The number of hydrogen-bond acceptors (Lipinski definition) is 2. The highest BCUT2D eigenvalue weighted by atomic mass is 15.2. The minimum Gasteiger partial charge on any atom is -0.330 e. The van der Waals surface area contributed by atoms with E-state index >= 15 is 0 Å². The second-order valence-electron chi connectivity index (χ2n) is 5.73. The van der Waals surface area contributed by atoms with E-state index in [1.54, 1.807) is 0 Å². The molecule has 0 atom stereocenters. The molecule has 0 aromatic carbocycles. The van der Waals surface area contributed by atoms with Gasteiger partial charge in [-0.25, -0.2) is 0 Å². The van der Waals surface area contributed by atoms with Crippen molar-refractivity contribution in [2.75, 3.05) is 19.6 Å². The number of hydrogen-bond donors (Lipinski definition) is 1. The summed E-state index contributed by atoms with van der Waals surface area (Å²) in [5, 5.41) is 0. The van der Waals surface area contributed by atoms with E-state index in [4.69, 9.17) is 5.73 Å². The smallest absolute Gasteiger partial charge is 0.00953 e. The Morgan fingerprint density at radius 3 is 2.19 bits per heavy atom. The molecule has 0 radical (unpaired) electrons. The van der Waals surface area contributed by atoms with Crippen LogP contribution in [0.15, 0.2) is 0 Å². The SMILES string of the molecule is NCCCN(CC1CCCC1)C1CCCC1. The van der Waals surface area contributed by atoms with E-state index in [0.29, 0.717) is 0 Å². The zero-order valence-electron chi connectivity index (χ0n) is 10.7. The topological polar surface area (TPSA) is 29.3 Å². The van der Waals surface area contributed by atoms with Gasteiger partial charge in [0, 0.05) is 12.6 Å². The first-order valence-corrected chi connectivity index (χ1v) is 7.34. The van der Waals surface area contributed by atoms with Crippen LogP contribution in [0.3, 0.4) is 0 Å². The minimum absolute atomic E-state index is 0.855. The summed E-state index contributed by atoms with van der Waals surface area (Å²) in [6.07, 6.45) is 12.9. The summed E-state index contributed by atoms with van der Waals surface area (Å²) in [5.41, 5.74) is 5.66. The van der Waals surface area contributed by atoms with Gasteiger partial charge >= 0.3 is 0 Å². The van der Waals surface area contributed by atoms with Crippen LogP contribution in [-0.2, 0) is 0 Å². The van der Waals surface area contributed by atoms with Crippen LogP contribution in [0.5, 0.6) is 0 Å². The van der Waals surface area contributed by atoms with Gasteiger partial charge in [0.25, 0.3) is 0 Å². The zero-order chi connectivity index (χ0) is 11.2. The molecule has 2 saturated carbocycles. The number of nitrogens with two attached hydrogens (primary N) is 1. The predicted octanol–water partition coefficient (Wildman–Crippen LogP) is 2.77. The Kier molecular flexibility index (Phi) is 5.11. The lowest BCUT2D eigenvalue weighted by Gasteiger charge is -2.31. The average molecular weight is 224 g/mol. The third-order valence-corrected chi connectivity index (χ3v) is 4.46. The molecule has 2 nitrogen and oxygen atoms in total. The summed E-state index contributed by atoms with van der Waals surface area (Å²) in [5.74, 6) is 0.998. The molecule has 2 aliphatic carbocycles. The molecule has 0 heterocycles. The van der Waals surface area contributed by atoms with Gasteiger partial charge in [-0.3, -0.25) is 0 Å². The molecule has 0 aromatic rings. The molecule has 94 valence electrons. The van der Waals surface area contributed by atoms with E-state index in [1.807, 2.05) is 0 Å². The summed E-state index contributed by atoms with van der Waals surface area (Å²) in [7, 11) is 0. The van der Waals surface area contributed by atoms with Crippen molar-refractivity contribution in [3.8, 4) is 0 Å². The van der Waals surface area contributed by atoms with Gasteiger partial charge in [0.2, 0.25) is 0 Å². The Morgan fingerprint density at radius 2 is 1.56 bits per heavy atom. The van der Waals surface area contributed by atoms with Gasteiger partial charge in [0.15, 0.2) is 0 Å². The fraction of sp³-hybridized carbons (Fsp3) is 1.00. The minimum atomic E-state index is 0.855. The Bertz CT molecular complexity index is 181. The maximum Gasteiger partial charge on any atom is 0.00953 e. The number of nitrogens with zero attached hydrogens (tertiary/aromatic N) is 1. The standard InChI is InChI=1S/C14H28N2/c15-10-5-11-16(14-8-3-4-9-14)12-13-6-1-2-7-13/h13-14H,1-12,15H2. The van der Waals surface area contributed by atoms with Gasteiger partial charge in [0.05, 0.1) is 0 Å². The van der Waals surface area contributed by atoms with Crippen molar-refractivity contribution in [3.05, 3.63) is 0 Å². The van der Waals surface area contributed by atoms with Gasteiger partial charge in [-0.15, -0.1) is 0 Å². The van der Waals surface area contributed by atoms with Crippen LogP contribution in [0.1, 0.15) is 57.8 Å². The molecule has 0 amide bonds. The first-order chi connectivity index (χ1) is 7.90. The zero-order valence-corrected chi connectivity index (χ0v) is 10.7. The molecule has 2 N–H and O–H groups in total. The van der Waals surface area contributed by atoms with Crippen molar-refractivity contribution >= 4 is 0 Å². The molecule has 0 spiro atoms. The predicted molar refractivity (Wildman–Crippen MR) is 69.5 cm³/mol. The van der Waals surface area contributed by atoms with E-state index in [1.165, 1.54) is 70.9 Å². The molecule has 2 fully saturated rings. The Morgan fingerprint density at radius 1 is 0.938 bits per heavy atom. The maximum atomic E-state index is 5.66. The number of rotatable bonds is 6. The van der Waals surface area contributed by atoms with Crippen molar-refractivity contribution in [3.63, 3.8) is 0 Å². The molecule has 0 saturated heterocycles. The highest BCUT2D eigenvalue weighted by Crippen LogP contribution is 2.29. The summed E-state index contributed by atoms with van der Waals surface area (Å²) >= 11 is 0. The summed E-state index contributed by atoms with van der Waals surface area (Å²) in [4.78, 5) is 2.77. The summed E-state index contributed by atoms with van der Waals surface area (Å²) < 4.78 is 0. The first kappa shape index (κ1) is 12.4. The first-order valence-electron chi connectivity index (χ1n) is 7.34. The van der Waals surface area contributed by atoms with Gasteiger partial charge < -0.3 is 10.6 Å². The van der Waals surface area contributed by atoms with Crippen LogP contribution in [0, 0.1) is 5.92 Å². The van der Waals surface area contributed by atoms with E-state index in [0.717, 1.165) is 18.5 Å². The monoisotopic (exact) mass is 224 g/mol. The lowest BCUT2D eigenvalue weighted by atomic mass is 10.1. The highest BCUT2D eigenvalue weighted by molar-refractivity contribution is 4.80. The molecule has 0 aliphatic heterocycles. The Labute approximate surface area is 101 Å². The van der Waals surface area contributed by atoms with Gasteiger partial charge in [-0.05, 0) is 51.1 Å². The molecular formula is C14H28N2. The molecule has 16 heavy (non-hydrogen) atoms. The average Bonchev–Trinajstić information content (AvgIpc) is 2.96.